The van der Waals surface area contributed by atoms with Gasteiger partial charge in [-0.1, -0.05) is 36.4 Å². The first-order valence-electron chi connectivity index (χ1n) is 11.0. The Labute approximate surface area is 210 Å². The third-order valence-electron chi connectivity index (χ3n) is 5.74. The molecule has 1 unspecified atom stereocenters. The average Bonchev–Trinajstić information content (AvgIpc) is 3.57. The van der Waals surface area contributed by atoms with Crippen LogP contribution in [0.5, 0.6) is 5.75 Å². The van der Waals surface area contributed by atoms with Gasteiger partial charge in [0, 0.05) is 10.6 Å². The number of hydrogen-bond donors (Lipinski definition) is 1. The molecule has 1 atom stereocenters. The molecule has 0 aliphatic carbocycles. The Hall–Kier alpha value is -3.75. The van der Waals surface area contributed by atoms with Crippen LogP contribution in [0, 0.1) is 13.8 Å². The number of aliphatic hydroxyl groups excluding tert-OH is 1. The van der Waals surface area contributed by atoms with E-state index in [1.54, 1.807) is 31.2 Å². The summed E-state index contributed by atoms with van der Waals surface area (Å²) in [4.78, 5) is 33.9. The van der Waals surface area contributed by atoms with E-state index in [0.717, 1.165) is 15.4 Å². The van der Waals surface area contributed by atoms with Crippen molar-refractivity contribution in [2.45, 2.75) is 26.5 Å². The van der Waals surface area contributed by atoms with Crippen molar-refractivity contribution in [1.29, 1.82) is 0 Å². The van der Waals surface area contributed by atoms with Crippen molar-refractivity contribution in [3.63, 3.8) is 0 Å². The molecule has 2 aromatic heterocycles. The quantitative estimate of drug-likeness (QED) is 0.305. The minimum atomic E-state index is -0.729. The summed E-state index contributed by atoms with van der Waals surface area (Å²) >= 11 is 2.69. The van der Waals surface area contributed by atoms with Gasteiger partial charge in [-0.2, -0.15) is 0 Å². The second kappa shape index (κ2) is 9.48. The van der Waals surface area contributed by atoms with Gasteiger partial charge in [-0.25, -0.2) is 4.98 Å². The predicted molar refractivity (Wildman–Crippen MR) is 137 cm³/mol. The van der Waals surface area contributed by atoms with Crippen LogP contribution in [0.15, 0.2) is 83.4 Å². The normalized spacial score (nSPS) is 15.7. The van der Waals surface area contributed by atoms with E-state index in [4.69, 9.17) is 4.74 Å². The molecule has 0 saturated carbocycles. The Morgan fingerprint density at radius 1 is 1.06 bits per heavy atom. The van der Waals surface area contributed by atoms with Gasteiger partial charge in [0.25, 0.3) is 5.91 Å². The van der Waals surface area contributed by atoms with E-state index in [9.17, 15) is 14.7 Å². The molecule has 5 rings (SSSR count). The van der Waals surface area contributed by atoms with E-state index in [1.807, 2.05) is 54.8 Å². The Morgan fingerprint density at radius 3 is 2.43 bits per heavy atom. The second-order valence-corrected chi connectivity index (χ2v) is 10.3. The van der Waals surface area contributed by atoms with E-state index in [0.29, 0.717) is 28.6 Å². The zero-order valence-electron chi connectivity index (χ0n) is 19.1. The van der Waals surface area contributed by atoms with E-state index < -0.39 is 17.7 Å². The number of Topliss-reactive ketones (excluding diaryl/α,β-unsaturated/α-hetero) is 1. The first-order chi connectivity index (χ1) is 16.9. The van der Waals surface area contributed by atoms with E-state index in [2.05, 4.69) is 4.98 Å². The number of carbonyl (C=O) groups excluding carboxylic acids is 2. The summed E-state index contributed by atoms with van der Waals surface area (Å²) in [6.07, 6.45) is 0. The van der Waals surface area contributed by atoms with Crippen molar-refractivity contribution < 1.29 is 19.4 Å². The van der Waals surface area contributed by atoms with Crippen LogP contribution >= 0.6 is 22.7 Å². The molecule has 3 heterocycles. The van der Waals surface area contributed by atoms with Crippen LogP contribution in [0.4, 0.5) is 5.69 Å². The molecular weight excluding hydrogens is 480 g/mol. The lowest BCUT2D eigenvalue weighted by molar-refractivity contribution is -0.117. The van der Waals surface area contributed by atoms with Gasteiger partial charge in [0.2, 0.25) is 5.78 Å². The van der Waals surface area contributed by atoms with Gasteiger partial charge in [-0.05, 0) is 55.1 Å². The van der Waals surface area contributed by atoms with Crippen LogP contribution in [0.25, 0.3) is 0 Å². The molecule has 6 nitrogen and oxygen atoms in total. The van der Waals surface area contributed by atoms with Crippen LogP contribution in [0.3, 0.4) is 0 Å². The summed E-state index contributed by atoms with van der Waals surface area (Å²) in [6, 6.07) is 19.9. The molecule has 0 radical (unpaired) electrons. The number of amides is 1. The van der Waals surface area contributed by atoms with Crippen LogP contribution in [0.2, 0.25) is 0 Å². The summed E-state index contributed by atoms with van der Waals surface area (Å²) < 4.78 is 5.87. The lowest BCUT2D eigenvalue weighted by atomic mass is 10.00. The van der Waals surface area contributed by atoms with Gasteiger partial charge < -0.3 is 9.84 Å². The van der Waals surface area contributed by atoms with Gasteiger partial charge in [0.15, 0.2) is 5.76 Å². The summed E-state index contributed by atoms with van der Waals surface area (Å²) in [5, 5.41) is 13.5. The highest BCUT2D eigenvalue weighted by Gasteiger charge is 2.45. The fourth-order valence-corrected chi connectivity index (χ4v) is 5.83. The number of benzene rings is 2. The van der Waals surface area contributed by atoms with Crippen LogP contribution < -0.4 is 9.64 Å². The molecule has 176 valence electrons. The summed E-state index contributed by atoms with van der Waals surface area (Å²) in [7, 11) is 0. The zero-order valence-corrected chi connectivity index (χ0v) is 20.7. The standard InChI is InChI=1S/C27H22N2O4S2/c1-16-26(35-17(2)28-16)24(30)22-23(21-9-6-14-34-21)29(27(32)25(22)31)19-10-12-20(13-11-19)33-15-18-7-4-3-5-8-18/h3-14,23,31H,15H2,1-2H3. The number of thiophene rings is 1. The second-order valence-electron chi connectivity index (χ2n) is 8.10. The Balaban J connectivity index is 1.46. The van der Waals surface area contributed by atoms with Crippen molar-refractivity contribution in [3.8, 4) is 5.75 Å². The van der Waals surface area contributed by atoms with Crippen LogP contribution in [0.1, 0.15) is 36.9 Å². The van der Waals surface area contributed by atoms with E-state index in [-0.39, 0.29) is 11.4 Å². The molecule has 0 fully saturated rings. The molecule has 8 heteroatoms. The number of aryl methyl sites for hydroxylation is 2. The van der Waals surface area contributed by atoms with Crippen LogP contribution in [-0.2, 0) is 11.4 Å². The molecule has 2 aromatic carbocycles. The predicted octanol–water partition coefficient (Wildman–Crippen LogP) is 6.18. The fourth-order valence-electron chi connectivity index (χ4n) is 4.13. The maximum atomic E-state index is 13.6. The number of nitrogens with zero attached hydrogens (tertiary/aromatic N) is 2. The SMILES string of the molecule is Cc1nc(C)c(C(=O)C2=C(O)C(=O)N(c3ccc(OCc4ccccc4)cc3)C2c2cccs2)s1. The smallest absolute Gasteiger partial charge is 0.294 e. The Morgan fingerprint density at radius 2 is 1.80 bits per heavy atom. The van der Waals surface area contributed by atoms with Gasteiger partial charge in [0.05, 0.1) is 21.2 Å². The summed E-state index contributed by atoms with van der Waals surface area (Å²) in [5.41, 5.74) is 2.28. The maximum Gasteiger partial charge on any atom is 0.294 e. The molecule has 0 spiro atoms. The highest BCUT2D eigenvalue weighted by Crippen LogP contribution is 2.44. The van der Waals surface area contributed by atoms with Crippen molar-refractivity contribution in [3.05, 3.63) is 109 Å². The molecule has 0 saturated heterocycles. The highest BCUT2D eigenvalue weighted by atomic mass is 32.1. The van der Waals surface area contributed by atoms with Gasteiger partial charge >= 0.3 is 0 Å². The molecule has 1 aliphatic rings. The summed E-state index contributed by atoms with van der Waals surface area (Å²) in [6.45, 7) is 4.01. The average molecular weight is 503 g/mol. The van der Waals surface area contributed by atoms with E-state index >= 15 is 0 Å². The molecule has 35 heavy (non-hydrogen) atoms. The summed E-state index contributed by atoms with van der Waals surface area (Å²) in [5.74, 6) is -0.851. The third-order valence-corrected chi connectivity index (χ3v) is 7.73. The number of anilines is 1. The number of hydrogen-bond acceptors (Lipinski definition) is 7. The van der Waals surface area contributed by atoms with E-state index in [1.165, 1.54) is 27.6 Å². The lowest BCUT2D eigenvalue weighted by Crippen LogP contribution is -2.30. The first-order valence-corrected chi connectivity index (χ1v) is 12.7. The zero-order chi connectivity index (χ0) is 24.5. The lowest BCUT2D eigenvalue weighted by Gasteiger charge is -2.26. The number of carbonyl (C=O) groups is 2. The van der Waals surface area contributed by atoms with Gasteiger partial charge in [0.1, 0.15) is 18.4 Å². The minimum absolute atomic E-state index is 0.0774. The van der Waals surface area contributed by atoms with Crippen LogP contribution in [-0.4, -0.2) is 21.8 Å². The number of ketones is 1. The Kier molecular flexibility index (Phi) is 6.23. The first kappa shape index (κ1) is 23.0. The largest absolute Gasteiger partial charge is 0.503 e. The van der Waals surface area contributed by atoms with Crippen molar-refractivity contribution >= 4 is 40.1 Å². The third kappa shape index (κ3) is 4.38. The van der Waals surface area contributed by atoms with Crippen molar-refractivity contribution in [2.24, 2.45) is 0 Å². The molecule has 0 bridgehead atoms. The Bertz CT molecular complexity index is 1410. The van der Waals surface area contributed by atoms with Crippen molar-refractivity contribution in [2.75, 3.05) is 4.90 Å². The topological polar surface area (TPSA) is 79.7 Å². The fraction of sp³-hybridized carbons (Fsp3) is 0.148. The minimum Gasteiger partial charge on any atom is -0.503 e. The number of thiazole rings is 1. The maximum absolute atomic E-state index is 13.6. The molecule has 1 aliphatic heterocycles. The number of rotatable bonds is 7. The molecule has 4 aromatic rings. The monoisotopic (exact) mass is 502 g/mol. The van der Waals surface area contributed by atoms with Gasteiger partial charge in [-0.15, -0.1) is 22.7 Å². The molecule has 1 amide bonds. The molecular formula is C27H22N2O4S2. The number of aromatic nitrogens is 1. The number of ether oxygens (including phenoxy) is 1. The molecule has 1 N–H and O–H groups in total. The number of aliphatic hydroxyl groups is 1. The highest BCUT2D eigenvalue weighted by molar-refractivity contribution is 7.14. The van der Waals surface area contributed by atoms with Crippen molar-refractivity contribution in [1.82, 2.24) is 4.98 Å². The van der Waals surface area contributed by atoms with Gasteiger partial charge in [-0.3, -0.25) is 14.5 Å².